The molecule has 2 rings (SSSR count). The highest BCUT2D eigenvalue weighted by Gasteiger charge is 2.08. The third-order valence-electron chi connectivity index (χ3n) is 3.41. The van der Waals surface area contributed by atoms with E-state index in [1.165, 1.54) is 18.2 Å². The van der Waals surface area contributed by atoms with Crippen molar-refractivity contribution in [1.29, 1.82) is 5.26 Å². The van der Waals surface area contributed by atoms with Crippen LogP contribution in [0.4, 0.5) is 4.39 Å². The number of nitrogens with one attached hydrogen (secondary N) is 2. The summed E-state index contributed by atoms with van der Waals surface area (Å²) in [6.45, 7) is 5.02. The number of halogens is 2. The van der Waals surface area contributed by atoms with Crippen LogP contribution >= 0.6 is 35.3 Å². The van der Waals surface area contributed by atoms with Crippen LogP contribution in [0.5, 0.6) is 0 Å². The molecule has 1 aromatic carbocycles. The van der Waals surface area contributed by atoms with Gasteiger partial charge in [-0.3, -0.25) is 4.99 Å². The molecule has 0 radical (unpaired) electrons. The molecule has 0 saturated carbocycles. The Morgan fingerprint density at radius 1 is 1.36 bits per heavy atom. The molecule has 8 heteroatoms. The van der Waals surface area contributed by atoms with Crippen molar-refractivity contribution in [1.82, 2.24) is 15.6 Å². The average Bonchev–Trinajstić information content (AvgIpc) is 3.05. The molecule has 0 amide bonds. The standard InChI is InChI=1S/C17H20FN5S.HI/c1-11(2)15-10-24-16(23-15)9-22-17(20-3)21-8-13-6-12(7-19)4-5-14(13)18;/h4-6,10-11H,8-9H2,1-3H3,(H2,20,21,22);1H. The lowest BCUT2D eigenvalue weighted by Gasteiger charge is -2.11. The summed E-state index contributed by atoms with van der Waals surface area (Å²) in [5.74, 6) is 0.610. The monoisotopic (exact) mass is 473 g/mol. The highest BCUT2D eigenvalue weighted by atomic mass is 127. The summed E-state index contributed by atoms with van der Waals surface area (Å²) in [5, 5.41) is 18.1. The lowest BCUT2D eigenvalue weighted by molar-refractivity contribution is 0.604. The molecule has 2 aromatic rings. The van der Waals surface area contributed by atoms with E-state index in [9.17, 15) is 4.39 Å². The van der Waals surface area contributed by atoms with E-state index in [1.807, 2.05) is 6.07 Å². The number of hydrogen-bond acceptors (Lipinski definition) is 4. The maximum atomic E-state index is 13.8. The Kier molecular flexibility index (Phi) is 8.78. The van der Waals surface area contributed by atoms with Gasteiger partial charge >= 0.3 is 0 Å². The molecule has 25 heavy (non-hydrogen) atoms. The van der Waals surface area contributed by atoms with Crippen LogP contribution in [0.25, 0.3) is 0 Å². The first-order chi connectivity index (χ1) is 11.5. The fourth-order valence-electron chi connectivity index (χ4n) is 2.01. The van der Waals surface area contributed by atoms with Crippen molar-refractivity contribution < 1.29 is 4.39 Å². The first kappa shape index (κ1) is 21.3. The largest absolute Gasteiger partial charge is 0.352 e. The second-order valence-electron chi connectivity index (χ2n) is 5.52. The highest BCUT2D eigenvalue weighted by Crippen LogP contribution is 2.17. The summed E-state index contributed by atoms with van der Waals surface area (Å²) >= 11 is 1.60. The number of aliphatic imine (C=N–C) groups is 1. The maximum Gasteiger partial charge on any atom is 0.191 e. The molecular weight excluding hydrogens is 452 g/mol. The molecule has 0 aliphatic carbocycles. The number of hydrogen-bond donors (Lipinski definition) is 2. The first-order valence-corrected chi connectivity index (χ1v) is 8.48. The van der Waals surface area contributed by atoms with Crippen molar-refractivity contribution in [3.05, 3.63) is 51.2 Å². The van der Waals surface area contributed by atoms with Crippen LogP contribution < -0.4 is 10.6 Å². The summed E-state index contributed by atoms with van der Waals surface area (Å²) in [6, 6.07) is 6.30. The van der Waals surface area contributed by atoms with Crippen molar-refractivity contribution >= 4 is 41.3 Å². The fourth-order valence-corrected chi connectivity index (χ4v) is 2.91. The molecule has 0 fully saturated rings. The van der Waals surface area contributed by atoms with Crippen molar-refractivity contribution in [2.75, 3.05) is 7.05 Å². The lowest BCUT2D eigenvalue weighted by Crippen LogP contribution is -2.36. The van der Waals surface area contributed by atoms with Gasteiger partial charge in [-0.1, -0.05) is 13.8 Å². The molecular formula is C17H21FIN5S. The van der Waals surface area contributed by atoms with Crippen LogP contribution in [0.3, 0.4) is 0 Å². The topological polar surface area (TPSA) is 73.1 Å². The van der Waals surface area contributed by atoms with Crippen molar-refractivity contribution in [2.24, 2.45) is 4.99 Å². The van der Waals surface area contributed by atoms with Crippen LogP contribution in [-0.2, 0) is 13.1 Å². The third kappa shape index (κ3) is 6.25. The minimum Gasteiger partial charge on any atom is -0.352 e. The predicted molar refractivity (Wildman–Crippen MR) is 110 cm³/mol. The second-order valence-corrected chi connectivity index (χ2v) is 6.46. The van der Waals surface area contributed by atoms with Crippen LogP contribution in [0, 0.1) is 17.1 Å². The molecule has 0 unspecified atom stereocenters. The van der Waals surface area contributed by atoms with Gasteiger partial charge in [0.1, 0.15) is 10.8 Å². The SMILES string of the molecule is CN=C(NCc1nc(C(C)C)cs1)NCc1cc(C#N)ccc1F.I. The number of rotatable bonds is 5. The Morgan fingerprint density at radius 3 is 2.68 bits per heavy atom. The molecule has 5 nitrogen and oxygen atoms in total. The molecule has 0 saturated heterocycles. The third-order valence-corrected chi connectivity index (χ3v) is 4.28. The van der Waals surface area contributed by atoms with Gasteiger partial charge in [-0.05, 0) is 24.1 Å². The van der Waals surface area contributed by atoms with Crippen LogP contribution in [0.1, 0.15) is 41.6 Å². The van der Waals surface area contributed by atoms with Crippen molar-refractivity contribution in [3.8, 4) is 6.07 Å². The Morgan fingerprint density at radius 2 is 2.08 bits per heavy atom. The number of guanidine groups is 1. The fraction of sp³-hybridized carbons (Fsp3) is 0.353. The maximum absolute atomic E-state index is 13.8. The highest BCUT2D eigenvalue weighted by molar-refractivity contribution is 14.0. The van der Waals surface area contributed by atoms with Gasteiger partial charge in [0.2, 0.25) is 0 Å². The van der Waals surface area contributed by atoms with Gasteiger partial charge < -0.3 is 10.6 Å². The van der Waals surface area contributed by atoms with E-state index >= 15 is 0 Å². The molecule has 0 aliphatic rings. The zero-order valence-corrected chi connectivity index (χ0v) is 17.5. The van der Waals surface area contributed by atoms with E-state index in [4.69, 9.17) is 5.26 Å². The summed E-state index contributed by atoms with van der Waals surface area (Å²) in [6.07, 6.45) is 0. The van der Waals surface area contributed by atoms with Crippen LogP contribution in [-0.4, -0.2) is 18.0 Å². The molecule has 1 heterocycles. The summed E-state index contributed by atoms with van der Waals surface area (Å²) in [4.78, 5) is 8.66. The van der Waals surface area contributed by atoms with Gasteiger partial charge in [-0.15, -0.1) is 35.3 Å². The average molecular weight is 473 g/mol. The quantitative estimate of drug-likeness (QED) is 0.394. The Hall–Kier alpha value is -1.73. The van der Waals surface area contributed by atoms with Gasteiger partial charge in [0.15, 0.2) is 5.96 Å². The summed E-state index contributed by atoms with van der Waals surface area (Å²) < 4.78 is 13.8. The molecule has 0 bridgehead atoms. The molecule has 1 aromatic heterocycles. The molecule has 0 spiro atoms. The Labute approximate surface area is 168 Å². The second kappa shape index (κ2) is 10.3. The zero-order chi connectivity index (χ0) is 17.5. The molecule has 0 aliphatic heterocycles. The Balaban J connectivity index is 0.00000312. The van der Waals surface area contributed by atoms with Gasteiger partial charge in [-0.2, -0.15) is 5.26 Å². The number of thiazole rings is 1. The van der Waals surface area contributed by atoms with Gasteiger partial charge in [0.05, 0.1) is 23.9 Å². The van der Waals surface area contributed by atoms with Gasteiger partial charge in [-0.25, -0.2) is 9.37 Å². The number of nitriles is 1. The molecule has 2 N–H and O–H groups in total. The van der Waals surface area contributed by atoms with Gasteiger partial charge in [0, 0.05) is 24.5 Å². The van der Waals surface area contributed by atoms with Crippen molar-refractivity contribution in [3.63, 3.8) is 0 Å². The molecule has 0 atom stereocenters. The predicted octanol–water partition coefficient (Wildman–Crippen LogP) is 3.76. The number of aromatic nitrogens is 1. The van der Waals surface area contributed by atoms with E-state index in [1.54, 1.807) is 18.4 Å². The smallest absolute Gasteiger partial charge is 0.191 e. The Bertz CT molecular complexity index is 767. The summed E-state index contributed by atoms with van der Waals surface area (Å²) in [5.41, 5.74) is 1.93. The minimum atomic E-state index is -0.349. The minimum absolute atomic E-state index is 0. The van der Waals surface area contributed by atoms with E-state index in [-0.39, 0.29) is 36.3 Å². The first-order valence-electron chi connectivity index (χ1n) is 7.60. The zero-order valence-electron chi connectivity index (χ0n) is 14.3. The van der Waals surface area contributed by atoms with Crippen LogP contribution in [0.15, 0.2) is 28.6 Å². The van der Waals surface area contributed by atoms with Crippen molar-refractivity contribution in [2.45, 2.75) is 32.9 Å². The van der Waals surface area contributed by atoms with E-state index in [0.717, 1.165) is 10.7 Å². The van der Waals surface area contributed by atoms with Gasteiger partial charge in [0.25, 0.3) is 0 Å². The number of benzene rings is 1. The normalized spacial score (nSPS) is 11.0. The molecule has 134 valence electrons. The van der Waals surface area contributed by atoms with E-state index < -0.39 is 0 Å². The number of nitrogens with zero attached hydrogens (tertiary/aromatic N) is 3. The van der Waals surface area contributed by atoms with E-state index in [2.05, 4.69) is 39.8 Å². The van der Waals surface area contributed by atoms with E-state index in [0.29, 0.717) is 29.5 Å². The van der Waals surface area contributed by atoms with Crippen LogP contribution in [0.2, 0.25) is 0 Å². The summed E-state index contributed by atoms with van der Waals surface area (Å²) in [7, 11) is 1.65. The lowest BCUT2D eigenvalue weighted by atomic mass is 10.1.